The number of carbonyl (C=O) groups excluding carboxylic acids is 1. The second kappa shape index (κ2) is 7.61. The Bertz CT molecular complexity index is 1040. The summed E-state index contributed by atoms with van der Waals surface area (Å²) in [6.07, 6.45) is 1.80. The third-order valence-corrected chi connectivity index (χ3v) is 4.36. The second-order valence-corrected chi connectivity index (χ2v) is 6.35. The van der Waals surface area contributed by atoms with Crippen molar-refractivity contribution in [3.8, 4) is 11.4 Å². The lowest BCUT2D eigenvalue weighted by atomic mass is 10.1. The quantitative estimate of drug-likeness (QED) is 0.664. The molecule has 0 saturated heterocycles. The van der Waals surface area contributed by atoms with Crippen molar-refractivity contribution in [2.24, 2.45) is 5.73 Å². The highest BCUT2D eigenvalue weighted by Crippen LogP contribution is 2.26. The number of hydrogen-bond donors (Lipinski definition) is 2. The van der Waals surface area contributed by atoms with Crippen LogP contribution in [0, 0.1) is 0 Å². The van der Waals surface area contributed by atoms with E-state index in [0.717, 1.165) is 12.8 Å². The van der Waals surface area contributed by atoms with Crippen LogP contribution < -0.4 is 16.2 Å². The summed E-state index contributed by atoms with van der Waals surface area (Å²) < 4.78 is 7.05. The Labute approximate surface area is 156 Å². The molecule has 0 spiro atoms. The Balaban J connectivity index is 2.33. The molecule has 0 aliphatic carbocycles. The minimum atomic E-state index is -0.709. The topological polar surface area (TPSA) is 116 Å². The number of amides is 1. The number of H-pyrrole nitrogens is 1. The number of nitrogens with zero attached hydrogens (tertiary/aromatic N) is 3. The van der Waals surface area contributed by atoms with Gasteiger partial charge in [-0.15, -0.1) is 0 Å². The van der Waals surface area contributed by atoms with Crippen molar-refractivity contribution < 1.29 is 9.53 Å². The number of nitrogens with two attached hydrogens (primary N) is 1. The summed E-state index contributed by atoms with van der Waals surface area (Å²) in [4.78, 5) is 36.2. The van der Waals surface area contributed by atoms with Crippen molar-refractivity contribution in [2.45, 2.75) is 39.5 Å². The maximum atomic E-state index is 12.7. The number of benzene rings is 1. The lowest BCUT2D eigenvalue weighted by molar-refractivity contribution is 0.0996. The first-order chi connectivity index (χ1) is 13.0. The zero-order chi connectivity index (χ0) is 19.6. The molecule has 0 aliphatic heterocycles. The van der Waals surface area contributed by atoms with Crippen molar-refractivity contribution >= 4 is 17.1 Å². The van der Waals surface area contributed by atoms with E-state index in [2.05, 4.69) is 21.9 Å². The summed E-state index contributed by atoms with van der Waals surface area (Å²) in [6.45, 7) is 6.37. The molecule has 1 amide bonds. The molecule has 3 aromatic rings. The number of aromatic amines is 1. The van der Waals surface area contributed by atoms with Crippen LogP contribution in [0.4, 0.5) is 0 Å². The number of nitrogens with one attached hydrogen (secondary N) is 1. The number of hydrogen-bond acceptors (Lipinski definition) is 5. The van der Waals surface area contributed by atoms with Gasteiger partial charge >= 0.3 is 5.69 Å². The van der Waals surface area contributed by atoms with Crippen LogP contribution in [-0.4, -0.2) is 32.0 Å². The Morgan fingerprint density at radius 2 is 2.04 bits per heavy atom. The predicted octanol–water partition coefficient (Wildman–Crippen LogP) is 2.51. The Morgan fingerprint density at radius 1 is 1.30 bits per heavy atom. The minimum absolute atomic E-state index is 0.0164. The lowest BCUT2D eigenvalue weighted by Gasteiger charge is -2.13. The van der Waals surface area contributed by atoms with Crippen LogP contribution in [-0.2, 0) is 0 Å². The highest BCUT2D eigenvalue weighted by molar-refractivity contribution is 6.01. The normalized spacial score (nSPS) is 12.3. The van der Waals surface area contributed by atoms with Crippen LogP contribution in [0.3, 0.4) is 0 Å². The van der Waals surface area contributed by atoms with Crippen LogP contribution in [0.2, 0.25) is 0 Å². The molecule has 0 saturated carbocycles. The number of para-hydroxylation sites is 2. The minimum Gasteiger partial charge on any atom is -0.492 e. The fourth-order valence-corrected chi connectivity index (χ4v) is 3.11. The molecule has 142 valence electrons. The van der Waals surface area contributed by atoms with E-state index < -0.39 is 11.6 Å². The molecule has 0 radical (unpaired) electrons. The zero-order valence-corrected chi connectivity index (χ0v) is 15.7. The summed E-state index contributed by atoms with van der Waals surface area (Å²) in [5.41, 5.74) is 6.18. The number of primary amides is 1. The predicted molar refractivity (Wildman–Crippen MR) is 102 cm³/mol. The van der Waals surface area contributed by atoms with Crippen LogP contribution in [0.1, 0.15) is 55.8 Å². The largest absolute Gasteiger partial charge is 0.492 e. The summed E-state index contributed by atoms with van der Waals surface area (Å²) in [7, 11) is 0. The van der Waals surface area contributed by atoms with Gasteiger partial charge in [-0.2, -0.15) is 0 Å². The first kappa shape index (κ1) is 18.6. The third kappa shape index (κ3) is 3.42. The highest BCUT2D eigenvalue weighted by Gasteiger charge is 2.22. The monoisotopic (exact) mass is 369 g/mol. The molecule has 1 aromatic carbocycles. The van der Waals surface area contributed by atoms with Gasteiger partial charge in [0.15, 0.2) is 11.3 Å². The van der Waals surface area contributed by atoms with Gasteiger partial charge in [-0.3, -0.25) is 4.79 Å². The van der Waals surface area contributed by atoms with Gasteiger partial charge in [0.25, 0.3) is 5.91 Å². The Morgan fingerprint density at radius 3 is 2.70 bits per heavy atom. The molecule has 0 aliphatic rings. The van der Waals surface area contributed by atoms with Gasteiger partial charge in [0, 0.05) is 5.92 Å². The van der Waals surface area contributed by atoms with Gasteiger partial charge in [0.05, 0.1) is 12.3 Å². The second-order valence-electron chi connectivity index (χ2n) is 6.35. The number of rotatable bonds is 7. The number of carbonyl (C=O) groups is 1. The molecule has 2 heterocycles. The van der Waals surface area contributed by atoms with Crippen LogP contribution in [0.25, 0.3) is 16.9 Å². The molecular weight excluding hydrogens is 346 g/mol. The molecule has 0 fully saturated rings. The number of imidazole rings is 1. The van der Waals surface area contributed by atoms with Crippen LogP contribution in [0.5, 0.6) is 5.75 Å². The summed E-state index contributed by atoms with van der Waals surface area (Å²) in [6, 6.07) is 7.18. The summed E-state index contributed by atoms with van der Waals surface area (Å²) in [5.74, 6) is 0.349. The average Bonchev–Trinajstić information content (AvgIpc) is 2.97. The Kier molecular flexibility index (Phi) is 5.25. The van der Waals surface area contributed by atoms with E-state index in [1.165, 1.54) is 4.57 Å². The molecule has 0 bridgehead atoms. The maximum Gasteiger partial charge on any atom is 0.332 e. The molecule has 2 aromatic heterocycles. The summed E-state index contributed by atoms with van der Waals surface area (Å²) >= 11 is 0. The van der Waals surface area contributed by atoms with Crippen molar-refractivity contribution in [1.82, 2.24) is 19.5 Å². The highest BCUT2D eigenvalue weighted by atomic mass is 16.5. The Hall–Kier alpha value is -3.16. The molecule has 8 nitrogen and oxygen atoms in total. The molecule has 0 unspecified atom stereocenters. The SMILES string of the molecule is CCC[C@H](C)c1nc(C(N)=O)c2[nH]c(=O)n(-c3ccccc3OCC)c2n1. The lowest BCUT2D eigenvalue weighted by Crippen LogP contribution is -2.17. The van der Waals surface area contributed by atoms with E-state index in [-0.39, 0.29) is 17.1 Å². The van der Waals surface area contributed by atoms with E-state index in [4.69, 9.17) is 10.5 Å². The number of fused-ring (bicyclic) bond motifs is 1. The van der Waals surface area contributed by atoms with Gasteiger partial charge in [-0.25, -0.2) is 19.3 Å². The zero-order valence-electron chi connectivity index (χ0n) is 15.7. The van der Waals surface area contributed by atoms with Crippen molar-refractivity contribution in [3.05, 3.63) is 46.3 Å². The van der Waals surface area contributed by atoms with Gasteiger partial charge < -0.3 is 15.5 Å². The smallest absolute Gasteiger partial charge is 0.332 e. The fourth-order valence-electron chi connectivity index (χ4n) is 3.11. The van der Waals surface area contributed by atoms with Gasteiger partial charge in [0.2, 0.25) is 0 Å². The molecular formula is C19H23N5O3. The fraction of sp³-hybridized carbons (Fsp3) is 0.368. The van der Waals surface area contributed by atoms with Crippen LogP contribution in [0.15, 0.2) is 29.1 Å². The van der Waals surface area contributed by atoms with Crippen LogP contribution >= 0.6 is 0 Å². The number of ether oxygens (including phenoxy) is 1. The third-order valence-electron chi connectivity index (χ3n) is 4.36. The van der Waals surface area contributed by atoms with Gasteiger partial charge in [-0.05, 0) is 25.5 Å². The number of aromatic nitrogens is 4. The molecule has 8 heteroatoms. The summed E-state index contributed by atoms with van der Waals surface area (Å²) in [5, 5.41) is 0. The van der Waals surface area contributed by atoms with E-state index in [9.17, 15) is 9.59 Å². The van der Waals surface area contributed by atoms with E-state index in [0.29, 0.717) is 29.5 Å². The molecule has 1 atom stereocenters. The van der Waals surface area contributed by atoms with Gasteiger partial charge in [0.1, 0.15) is 17.1 Å². The van der Waals surface area contributed by atoms with Gasteiger partial charge in [-0.1, -0.05) is 32.4 Å². The standard InChI is InChI=1S/C19H23N5O3/c1-4-8-11(3)17-21-14(16(20)25)15-18(23-17)24(19(26)22-15)12-9-6-7-10-13(12)27-5-2/h6-7,9-11H,4-5,8H2,1-3H3,(H2,20,25)(H,22,26)/t11-/m0/s1. The van der Waals surface area contributed by atoms with Crippen molar-refractivity contribution in [1.29, 1.82) is 0 Å². The maximum absolute atomic E-state index is 12.7. The first-order valence-electron chi connectivity index (χ1n) is 9.02. The average molecular weight is 369 g/mol. The van der Waals surface area contributed by atoms with E-state index in [1.54, 1.807) is 18.2 Å². The van der Waals surface area contributed by atoms with Crippen molar-refractivity contribution in [2.75, 3.05) is 6.61 Å². The van der Waals surface area contributed by atoms with E-state index >= 15 is 0 Å². The molecule has 3 rings (SSSR count). The molecule has 3 N–H and O–H groups in total. The van der Waals surface area contributed by atoms with Crippen molar-refractivity contribution in [3.63, 3.8) is 0 Å². The first-order valence-corrected chi connectivity index (χ1v) is 9.02. The molecule has 27 heavy (non-hydrogen) atoms. The van der Waals surface area contributed by atoms with E-state index in [1.807, 2.05) is 19.9 Å².